The van der Waals surface area contributed by atoms with E-state index in [1.165, 1.54) is 18.2 Å². The van der Waals surface area contributed by atoms with Gasteiger partial charge in [0.25, 0.3) is 5.91 Å². The number of halogens is 1. The minimum absolute atomic E-state index is 0.0205. The van der Waals surface area contributed by atoms with Crippen LogP contribution >= 0.6 is 0 Å². The SMILES string of the molecule is CCNC(=O)N(Cc1cc(NC(=O)c2cccc(F)c2)ccc1N(C)C)C(C)C(C)C. The van der Waals surface area contributed by atoms with Gasteiger partial charge in [0, 0.05) is 50.2 Å². The highest BCUT2D eigenvalue weighted by Gasteiger charge is 2.24. The summed E-state index contributed by atoms with van der Waals surface area (Å²) in [5.41, 5.74) is 2.69. The molecule has 168 valence electrons. The van der Waals surface area contributed by atoms with E-state index in [2.05, 4.69) is 24.5 Å². The van der Waals surface area contributed by atoms with Crippen molar-refractivity contribution < 1.29 is 14.0 Å². The zero-order chi connectivity index (χ0) is 23.1. The molecule has 2 aromatic carbocycles. The van der Waals surface area contributed by atoms with Crippen LogP contribution in [0.1, 0.15) is 43.6 Å². The number of carbonyl (C=O) groups excluding carboxylic acids is 2. The van der Waals surface area contributed by atoms with Gasteiger partial charge >= 0.3 is 6.03 Å². The molecule has 0 aromatic heterocycles. The Kier molecular flexibility index (Phi) is 8.42. The van der Waals surface area contributed by atoms with Crippen molar-refractivity contribution in [2.45, 2.75) is 40.3 Å². The number of urea groups is 1. The molecule has 6 nitrogen and oxygen atoms in total. The summed E-state index contributed by atoms with van der Waals surface area (Å²) in [6.07, 6.45) is 0. The molecule has 0 fully saturated rings. The molecule has 3 amide bonds. The summed E-state index contributed by atoms with van der Waals surface area (Å²) in [4.78, 5) is 29.1. The number of rotatable bonds is 8. The van der Waals surface area contributed by atoms with E-state index in [1.54, 1.807) is 12.1 Å². The van der Waals surface area contributed by atoms with Crippen LogP contribution in [0, 0.1) is 11.7 Å². The number of hydrogen-bond acceptors (Lipinski definition) is 3. The van der Waals surface area contributed by atoms with Gasteiger partial charge in [0.05, 0.1) is 0 Å². The molecule has 2 N–H and O–H groups in total. The number of nitrogens with zero attached hydrogens (tertiary/aromatic N) is 2. The molecule has 31 heavy (non-hydrogen) atoms. The minimum atomic E-state index is -0.462. The molecule has 2 rings (SSSR count). The standard InChI is InChI=1S/C24H33FN4O2/c1-7-26-24(31)29(17(4)16(2)3)15-19-14-21(11-12-22(19)28(5)6)27-23(30)18-9-8-10-20(25)13-18/h8-14,16-17H,7,15H2,1-6H3,(H,26,31)(H,27,30). The molecular weight excluding hydrogens is 395 g/mol. The van der Waals surface area contributed by atoms with Crippen molar-refractivity contribution in [1.29, 1.82) is 0 Å². The van der Waals surface area contributed by atoms with Gasteiger partial charge in [-0.2, -0.15) is 0 Å². The van der Waals surface area contributed by atoms with Crippen molar-refractivity contribution in [3.8, 4) is 0 Å². The van der Waals surface area contributed by atoms with Crippen LogP contribution in [0.15, 0.2) is 42.5 Å². The largest absolute Gasteiger partial charge is 0.377 e. The average Bonchev–Trinajstić information content (AvgIpc) is 2.71. The van der Waals surface area contributed by atoms with Crippen LogP contribution < -0.4 is 15.5 Å². The number of benzene rings is 2. The number of nitrogens with one attached hydrogen (secondary N) is 2. The number of carbonyl (C=O) groups is 2. The fraction of sp³-hybridized carbons (Fsp3) is 0.417. The molecule has 7 heteroatoms. The van der Waals surface area contributed by atoms with Crippen LogP contribution in [0.5, 0.6) is 0 Å². The first-order chi connectivity index (χ1) is 14.6. The quantitative estimate of drug-likeness (QED) is 0.639. The second kappa shape index (κ2) is 10.8. The van der Waals surface area contributed by atoms with Gasteiger partial charge < -0.3 is 20.4 Å². The third kappa shape index (κ3) is 6.44. The smallest absolute Gasteiger partial charge is 0.317 e. The molecule has 0 aliphatic carbocycles. The van der Waals surface area contributed by atoms with Gasteiger partial charge in [-0.15, -0.1) is 0 Å². The third-order valence-corrected chi connectivity index (χ3v) is 5.29. The molecule has 0 saturated carbocycles. The highest BCUT2D eigenvalue weighted by atomic mass is 19.1. The zero-order valence-electron chi connectivity index (χ0n) is 19.2. The Morgan fingerprint density at radius 2 is 1.77 bits per heavy atom. The molecule has 1 unspecified atom stereocenters. The van der Waals surface area contributed by atoms with Crippen molar-refractivity contribution in [3.05, 3.63) is 59.4 Å². The van der Waals surface area contributed by atoms with Gasteiger partial charge in [0.2, 0.25) is 0 Å². The molecule has 1 atom stereocenters. The molecule has 0 saturated heterocycles. The molecule has 0 radical (unpaired) electrons. The molecule has 2 aromatic rings. The Balaban J connectivity index is 2.35. The summed E-state index contributed by atoms with van der Waals surface area (Å²) in [5.74, 6) is -0.572. The van der Waals surface area contributed by atoms with E-state index in [-0.39, 0.29) is 29.5 Å². The summed E-state index contributed by atoms with van der Waals surface area (Å²) in [5, 5.41) is 5.72. The molecular formula is C24H33FN4O2. The van der Waals surface area contributed by atoms with E-state index in [0.717, 1.165) is 11.3 Å². The molecule has 0 aliphatic rings. The maximum atomic E-state index is 13.5. The zero-order valence-corrected chi connectivity index (χ0v) is 19.2. The van der Waals surface area contributed by atoms with Crippen molar-refractivity contribution in [1.82, 2.24) is 10.2 Å². The predicted octanol–water partition coefficient (Wildman–Crippen LogP) is 4.72. The van der Waals surface area contributed by atoms with E-state index in [0.29, 0.717) is 18.8 Å². The third-order valence-electron chi connectivity index (χ3n) is 5.29. The van der Waals surface area contributed by atoms with Crippen molar-refractivity contribution in [2.24, 2.45) is 5.92 Å². The van der Waals surface area contributed by atoms with Gasteiger partial charge in [-0.05, 0) is 61.7 Å². The number of hydrogen-bond donors (Lipinski definition) is 2. The lowest BCUT2D eigenvalue weighted by atomic mass is 10.0. The maximum Gasteiger partial charge on any atom is 0.317 e. The van der Waals surface area contributed by atoms with Gasteiger partial charge in [0.15, 0.2) is 0 Å². The Labute approximate surface area is 184 Å². The molecule has 0 spiro atoms. The highest BCUT2D eigenvalue weighted by molar-refractivity contribution is 6.04. The fourth-order valence-corrected chi connectivity index (χ4v) is 3.26. The normalized spacial score (nSPS) is 11.7. The first-order valence-corrected chi connectivity index (χ1v) is 10.6. The van der Waals surface area contributed by atoms with Gasteiger partial charge in [-0.25, -0.2) is 9.18 Å². The van der Waals surface area contributed by atoms with Crippen molar-refractivity contribution in [2.75, 3.05) is 30.9 Å². The van der Waals surface area contributed by atoms with Crippen LogP contribution in [-0.4, -0.2) is 43.5 Å². The predicted molar refractivity (Wildman–Crippen MR) is 124 cm³/mol. The lowest BCUT2D eigenvalue weighted by Gasteiger charge is -2.33. The Bertz CT molecular complexity index is 914. The van der Waals surface area contributed by atoms with E-state index >= 15 is 0 Å². The summed E-state index contributed by atoms with van der Waals surface area (Å²) in [6, 6.07) is 11.0. The van der Waals surface area contributed by atoms with E-state index < -0.39 is 5.82 Å². The van der Waals surface area contributed by atoms with Crippen LogP contribution in [0.25, 0.3) is 0 Å². The Hall–Kier alpha value is -3.09. The van der Waals surface area contributed by atoms with Crippen LogP contribution in [0.2, 0.25) is 0 Å². The van der Waals surface area contributed by atoms with E-state index in [9.17, 15) is 14.0 Å². The summed E-state index contributed by atoms with van der Waals surface area (Å²) in [7, 11) is 3.87. The summed E-state index contributed by atoms with van der Waals surface area (Å²) >= 11 is 0. The van der Waals surface area contributed by atoms with Gasteiger partial charge in [0.1, 0.15) is 5.82 Å². The first kappa shape index (κ1) is 24.2. The maximum absolute atomic E-state index is 13.5. The number of amides is 3. The van der Waals surface area contributed by atoms with Crippen LogP contribution in [0.3, 0.4) is 0 Å². The average molecular weight is 429 g/mol. The van der Waals surface area contributed by atoms with Crippen LogP contribution in [-0.2, 0) is 6.54 Å². The van der Waals surface area contributed by atoms with E-state index in [4.69, 9.17) is 0 Å². The van der Waals surface area contributed by atoms with Gasteiger partial charge in [-0.1, -0.05) is 19.9 Å². The first-order valence-electron chi connectivity index (χ1n) is 10.6. The summed E-state index contributed by atoms with van der Waals surface area (Å²) < 4.78 is 13.5. The fourth-order valence-electron chi connectivity index (χ4n) is 3.26. The summed E-state index contributed by atoms with van der Waals surface area (Å²) in [6.45, 7) is 9.03. The van der Waals surface area contributed by atoms with Gasteiger partial charge in [-0.3, -0.25) is 4.79 Å². The highest BCUT2D eigenvalue weighted by Crippen LogP contribution is 2.26. The van der Waals surface area contributed by atoms with Crippen LogP contribution in [0.4, 0.5) is 20.6 Å². The lowest BCUT2D eigenvalue weighted by molar-refractivity contribution is 0.102. The topological polar surface area (TPSA) is 64.7 Å². The monoisotopic (exact) mass is 428 g/mol. The molecule has 0 bridgehead atoms. The Morgan fingerprint density at radius 1 is 1.06 bits per heavy atom. The second-order valence-corrected chi connectivity index (χ2v) is 8.15. The van der Waals surface area contributed by atoms with Crippen molar-refractivity contribution >= 4 is 23.3 Å². The van der Waals surface area contributed by atoms with Crippen molar-refractivity contribution in [3.63, 3.8) is 0 Å². The minimum Gasteiger partial charge on any atom is -0.377 e. The molecule has 0 aliphatic heterocycles. The Morgan fingerprint density at radius 3 is 2.35 bits per heavy atom. The lowest BCUT2D eigenvalue weighted by Crippen LogP contribution is -2.46. The van der Waals surface area contributed by atoms with E-state index in [1.807, 2.05) is 49.9 Å². The molecule has 0 heterocycles. The second-order valence-electron chi connectivity index (χ2n) is 8.15. The number of anilines is 2.